The molecule has 0 atom stereocenters. The second kappa shape index (κ2) is 5.49. The van der Waals surface area contributed by atoms with E-state index in [1.54, 1.807) is 0 Å². The molecular weight excluding hydrogens is 278 g/mol. The zero-order valence-corrected chi connectivity index (χ0v) is 13.2. The van der Waals surface area contributed by atoms with Crippen molar-refractivity contribution in [3.05, 3.63) is 22.8 Å². The van der Waals surface area contributed by atoms with E-state index in [-0.39, 0.29) is 5.91 Å². The number of nitrogens with zero attached hydrogens (tertiary/aromatic N) is 1. The third-order valence-electron chi connectivity index (χ3n) is 5.25. The fourth-order valence-electron chi connectivity index (χ4n) is 4.10. The molecule has 1 saturated heterocycles. The number of piperidine rings is 1. The number of carbonyl (C=O) groups excluding carboxylic acids is 1. The highest BCUT2D eigenvalue weighted by Crippen LogP contribution is 2.46. The molecule has 0 saturated carbocycles. The van der Waals surface area contributed by atoms with E-state index in [2.05, 4.69) is 6.07 Å². The van der Waals surface area contributed by atoms with Crippen LogP contribution in [0.2, 0.25) is 0 Å². The molecule has 0 aromatic heterocycles. The van der Waals surface area contributed by atoms with Crippen LogP contribution in [0.1, 0.15) is 48.8 Å². The molecule has 1 amide bonds. The number of hydrogen-bond donors (Lipinski definition) is 0. The smallest absolute Gasteiger partial charge is 0.222 e. The molecule has 3 aliphatic heterocycles. The lowest BCUT2D eigenvalue weighted by atomic mass is 9.84. The standard InChI is InChI=1S/C18H23NO3/c1-2-16(20)19-7-3-12(4-8-19)17-14-6-10-21-15(14)11-13-5-9-22-18(13)17/h11-12H,2-10H2,1H3. The topological polar surface area (TPSA) is 38.8 Å². The van der Waals surface area contributed by atoms with Crippen molar-refractivity contribution in [2.24, 2.45) is 0 Å². The Labute approximate surface area is 131 Å². The number of rotatable bonds is 2. The first kappa shape index (κ1) is 13.9. The van der Waals surface area contributed by atoms with Crippen molar-refractivity contribution in [1.29, 1.82) is 0 Å². The monoisotopic (exact) mass is 301 g/mol. The summed E-state index contributed by atoms with van der Waals surface area (Å²) in [6.45, 7) is 5.26. The Bertz CT molecular complexity index is 571. The molecule has 22 heavy (non-hydrogen) atoms. The highest BCUT2D eigenvalue weighted by Gasteiger charge is 2.33. The van der Waals surface area contributed by atoms with Gasteiger partial charge in [-0.15, -0.1) is 0 Å². The summed E-state index contributed by atoms with van der Waals surface area (Å²) in [5.41, 5.74) is 4.06. The van der Waals surface area contributed by atoms with E-state index >= 15 is 0 Å². The summed E-state index contributed by atoms with van der Waals surface area (Å²) < 4.78 is 11.8. The zero-order chi connectivity index (χ0) is 15.1. The van der Waals surface area contributed by atoms with Crippen LogP contribution in [0.4, 0.5) is 0 Å². The molecule has 1 aromatic rings. The van der Waals surface area contributed by atoms with Gasteiger partial charge in [0.05, 0.1) is 13.2 Å². The molecule has 4 rings (SSSR count). The maximum atomic E-state index is 11.9. The number of likely N-dealkylation sites (tertiary alicyclic amines) is 1. The first-order valence-corrected chi connectivity index (χ1v) is 8.50. The minimum atomic E-state index is 0.279. The van der Waals surface area contributed by atoms with Crippen molar-refractivity contribution in [2.75, 3.05) is 26.3 Å². The van der Waals surface area contributed by atoms with Gasteiger partial charge in [0.1, 0.15) is 11.5 Å². The van der Waals surface area contributed by atoms with Crippen LogP contribution in [0.25, 0.3) is 0 Å². The van der Waals surface area contributed by atoms with Gasteiger partial charge in [0.15, 0.2) is 0 Å². The maximum absolute atomic E-state index is 11.9. The minimum absolute atomic E-state index is 0.279. The van der Waals surface area contributed by atoms with Gasteiger partial charge in [0.2, 0.25) is 5.91 Å². The molecule has 0 N–H and O–H groups in total. The third kappa shape index (κ3) is 2.16. The van der Waals surface area contributed by atoms with Crippen LogP contribution in [0.5, 0.6) is 11.5 Å². The molecule has 3 heterocycles. The Kier molecular flexibility index (Phi) is 3.47. The second-order valence-electron chi connectivity index (χ2n) is 6.46. The van der Waals surface area contributed by atoms with Crippen LogP contribution in [0.15, 0.2) is 6.07 Å². The van der Waals surface area contributed by atoms with Gasteiger partial charge in [-0.05, 0) is 24.8 Å². The minimum Gasteiger partial charge on any atom is -0.493 e. The Morgan fingerprint density at radius 3 is 2.77 bits per heavy atom. The fourth-order valence-corrected chi connectivity index (χ4v) is 4.10. The van der Waals surface area contributed by atoms with Crippen LogP contribution in [-0.4, -0.2) is 37.1 Å². The summed E-state index contributed by atoms with van der Waals surface area (Å²) in [4.78, 5) is 13.9. The molecule has 0 radical (unpaired) electrons. The van der Waals surface area contributed by atoms with Gasteiger partial charge in [0, 0.05) is 49.0 Å². The summed E-state index contributed by atoms with van der Waals surface area (Å²) >= 11 is 0. The van der Waals surface area contributed by atoms with E-state index in [0.717, 1.165) is 63.5 Å². The molecule has 0 unspecified atom stereocenters. The lowest BCUT2D eigenvalue weighted by Gasteiger charge is -2.33. The summed E-state index contributed by atoms with van der Waals surface area (Å²) in [6, 6.07) is 2.18. The number of fused-ring (bicyclic) bond motifs is 2. The first-order chi connectivity index (χ1) is 10.8. The van der Waals surface area contributed by atoms with E-state index in [1.165, 1.54) is 16.7 Å². The van der Waals surface area contributed by atoms with Crippen molar-refractivity contribution >= 4 is 5.91 Å². The fraction of sp³-hybridized carbons (Fsp3) is 0.611. The highest BCUT2D eigenvalue weighted by molar-refractivity contribution is 5.76. The quantitative estimate of drug-likeness (QED) is 0.843. The van der Waals surface area contributed by atoms with Crippen molar-refractivity contribution in [3.8, 4) is 11.5 Å². The first-order valence-electron chi connectivity index (χ1n) is 8.50. The second-order valence-corrected chi connectivity index (χ2v) is 6.46. The van der Waals surface area contributed by atoms with Crippen LogP contribution >= 0.6 is 0 Å². The van der Waals surface area contributed by atoms with E-state index < -0.39 is 0 Å². The van der Waals surface area contributed by atoms with Crippen LogP contribution in [-0.2, 0) is 17.6 Å². The Balaban J connectivity index is 1.63. The lowest BCUT2D eigenvalue weighted by molar-refractivity contribution is -0.131. The number of ether oxygens (including phenoxy) is 2. The molecular formula is C18H23NO3. The molecule has 0 spiro atoms. The van der Waals surface area contributed by atoms with E-state index in [4.69, 9.17) is 9.47 Å². The van der Waals surface area contributed by atoms with Gasteiger partial charge >= 0.3 is 0 Å². The maximum Gasteiger partial charge on any atom is 0.222 e. The normalized spacial score (nSPS) is 20.3. The number of benzene rings is 1. The number of amides is 1. The van der Waals surface area contributed by atoms with E-state index in [1.807, 2.05) is 11.8 Å². The molecule has 1 fully saturated rings. The average Bonchev–Trinajstić information content (AvgIpc) is 3.20. The molecule has 0 bridgehead atoms. The van der Waals surface area contributed by atoms with Gasteiger partial charge in [-0.25, -0.2) is 0 Å². The van der Waals surface area contributed by atoms with Crippen LogP contribution in [0.3, 0.4) is 0 Å². The van der Waals surface area contributed by atoms with Crippen molar-refractivity contribution < 1.29 is 14.3 Å². The van der Waals surface area contributed by atoms with Crippen LogP contribution < -0.4 is 9.47 Å². The van der Waals surface area contributed by atoms with Gasteiger partial charge in [0.25, 0.3) is 0 Å². The molecule has 4 heteroatoms. The number of hydrogen-bond acceptors (Lipinski definition) is 3. The van der Waals surface area contributed by atoms with Gasteiger partial charge in [-0.1, -0.05) is 6.92 Å². The van der Waals surface area contributed by atoms with E-state index in [9.17, 15) is 4.79 Å². The molecule has 3 aliphatic rings. The lowest BCUT2D eigenvalue weighted by Crippen LogP contribution is -2.37. The predicted molar refractivity (Wildman–Crippen MR) is 83.7 cm³/mol. The van der Waals surface area contributed by atoms with Crippen molar-refractivity contribution in [2.45, 2.75) is 44.9 Å². The molecule has 1 aromatic carbocycles. The van der Waals surface area contributed by atoms with Gasteiger partial charge < -0.3 is 14.4 Å². The summed E-state index contributed by atoms with van der Waals surface area (Å²) in [7, 11) is 0. The highest BCUT2D eigenvalue weighted by atomic mass is 16.5. The summed E-state index contributed by atoms with van der Waals surface area (Å²) in [5, 5.41) is 0. The van der Waals surface area contributed by atoms with Crippen molar-refractivity contribution in [3.63, 3.8) is 0 Å². The summed E-state index contributed by atoms with van der Waals surface area (Å²) in [5.74, 6) is 2.99. The van der Waals surface area contributed by atoms with Crippen LogP contribution in [0, 0.1) is 0 Å². The van der Waals surface area contributed by atoms with Crippen molar-refractivity contribution in [1.82, 2.24) is 4.90 Å². The predicted octanol–water partition coefficient (Wildman–Crippen LogP) is 2.67. The van der Waals surface area contributed by atoms with Gasteiger partial charge in [-0.3, -0.25) is 4.79 Å². The summed E-state index contributed by atoms with van der Waals surface area (Å²) in [6.07, 6.45) is 4.68. The van der Waals surface area contributed by atoms with E-state index in [0.29, 0.717) is 12.3 Å². The largest absolute Gasteiger partial charge is 0.493 e. The third-order valence-corrected chi connectivity index (χ3v) is 5.25. The SMILES string of the molecule is CCC(=O)N1CCC(c2c3c(cc4c2OCC4)OCC3)CC1. The molecule has 118 valence electrons. The average molecular weight is 301 g/mol. The zero-order valence-electron chi connectivity index (χ0n) is 13.2. The molecule has 4 nitrogen and oxygen atoms in total. The molecule has 0 aliphatic carbocycles. The Morgan fingerprint density at radius 2 is 2.00 bits per heavy atom. The Hall–Kier alpha value is -1.71. The number of carbonyl (C=O) groups is 1. The Morgan fingerprint density at radius 1 is 1.23 bits per heavy atom. The van der Waals surface area contributed by atoms with Gasteiger partial charge in [-0.2, -0.15) is 0 Å².